The number of fused-ring (bicyclic) bond motifs is 1. The molecule has 0 aromatic carbocycles. The highest BCUT2D eigenvalue weighted by atomic mass is 127. The van der Waals surface area contributed by atoms with Crippen molar-refractivity contribution in [1.29, 1.82) is 5.26 Å². The van der Waals surface area contributed by atoms with Crippen molar-refractivity contribution in [3.63, 3.8) is 0 Å². The van der Waals surface area contributed by atoms with Gasteiger partial charge in [0.2, 0.25) is 0 Å². The molecule has 2 aromatic heterocycles. The molecule has 0 atom stereocenters. The number of hydrogen-bond acceptors (Lipinski definition) is 4. The van der Waals surface area contributed by atoms with Crippen LogP contribution in [0.4, 0.5) is 5.00 Å². The number of nitrogens with zero attached hydrogens (tertiary/aromatic N) is 2. The molecular formula is C13H9IN2OS. The molecule has 0 radical (unpaired) electrons. The number of nitriles is 1. The van der Waals surface area contributed by atoms with Gasteiger partial charge < -0.3 is 4.42 Å². The van der Waals surface area contributed by atoms with Gasteiger partial charge in [-0.25, -0.2) is 4.99 Å². The second kappa shape index (κ2) is 4.86. The Morgan fingerprint density at radius 1 is 1.44 bits per heavy atom. The van der Waals surface area contributed by atoms with Gasteiger partial charge in [-0.1, -0.05) is 0 Å². The van der Waals surface area contributed by atoms with E-state index in [1.807, 2.05) is 12.1 Å². The highest BCUT2D eigenvalue weighted by Gasteiger charge is 2.21. The lowest BCUT2D eigenvalue weighted by molar-refractivity contribution is 0.531. The first-order valence-corrected chi connectivity index (χ1v) is 7.51. The predicted molar refractivity (Wildman–Crippen MR) is 79.7 cm³/mol. The minimum Gasteiger partial charge on any atom is -0.449 e. The van der Waals surface area contributed by atoms with Crippen molar-refractivity contribution in [2.75, 3.05) is 0 Å². The maximum absolute atomic E-state index is 9.23. The van der Waals surface area contributed by atoms with Gasteiger partial charge in [0.1, 0.15) is 16.8 Å². The second-order valence-electron chi connectivity index (χ2n) is 4.05. The zero-order valence-electron chi connectivity index (χ0n) is 9.44. The molecule has 0 amide bonds. The van der Waals surface area contributed by atoms with Gasteiger partial charge in [0.05, 0.1) is 11.8 Å². The normalized spacial score (nSPS) is 14.0. The fraction of sp³-hybridized carbons (Fsp3) is 0.231. The quantitative estimate of drug-likeness (QED) is 0.593. The van der Waals surface area contributed by atoms with Crippen LogP contribution in [-0.2, 0) is 12.8 Å². The van der Waals surface area contributed by atoms with Crippen LogP contribution >= 0.6 is 33.9 Å². The van der Waals surface area contributed by atoms with Crippen LogP contribution in [0.1, 0.15) is 28.2 Å². The Morgan fingerprint density at radius 3 is 3.06 bits per heavy atom. The van der Waals surface area contributed by atoms with Crippen molar-refractivity contribution >= 4 is 45.1 Å². The average Bonchev–Trinajstić information content (AvgIpc) is 3.01. The molecular weight excluding hydrogens is 359 g/mol. The summed E-state index contributed by atoms with van der Waals surface area (Å²) in [6, 6.07) is 6.05. The van der Waals surface area contributed by atoms with Crippen LogP contribution in [0.15, 0.2) is 21.5 Å². The summed E-state index contributed by atoms with van der Waals surface area (Å²) in [4.78, 5) is 5.72. The number of aryl methyl sites for hydroxylation is 1. The van der Waals surface area contributed by atoms with Crippen LogP contribution in [0.25, 0.3) is 0 Å². The van der Waals surface area contributed by atoms with Crippen LogP contribution in [0.5, 0.6) is 0 Å². The fourth-order valence-electron chi connectivity index (χ4n) is 2.12. The molecule has 0 saturated heterocycles. The average molecular weight is 368 g/mol. The number of hydrogen-bond donors (Lipinski definition) is 0. The van der Waals surface area contributed by atoms with E-state index in [0.717, 1.165) is 39.4 Å². The first-order chi connectivity index (χ1) is 8.78. The van der Waals surface area contributed by atoms with Gasteiger partial charge in [-0.3, -0.25) is 0 Å². The summed E-state index contributed by atoms with van der Waals surface area (Å²) in [7, 11) is 0. The number of thiophene rings is 1. The summed E-state index contributed by atoms with van der Waals surface area (Å²) in [6.07, 6.45) is 4.95. The summed E-state index contributed by atoms with van der Waals surface area (Å²) in [5.41, 5.74) is 1.97. The lowest BCUT2D eigenvalue weighted by Crippen LogP contribution is -1.80. The summed E-state index contributed by atoms with van der Waals surface area (Å²) in [6.45, 7) is 0. The molecule has 0 saturated carbocycles. The van der Waals surface area contributed by atoms with Crippen molar-refractivity contribution in [1.82, 2.24) is 0 Å². The Morgan fingerprint density at radius 2 is 2.33 bits per heavy atom. The van der Waals surface area contributed by atoms with Crippen molar-refractivity contribution in [2.24, 2.45) is 4.99 Å². The molecule has 0 fully saturated rings. The molecule has 90 valence electrons. The molecule has 3 nitrogen and oxygen atoms in total. The Bertz CT molecular complexity index is 663. The second-order valence-corrected chi connectivity index (χ2v) is 6.20. The Labute approximate surface area is 122 Å². The van der Waals surface area contributed by atoms with Gasteiger partial charge in [0, 0.05) is 4.88 Å². The van der Waals surface area contributed by atoms with Crippen LogP contribution in [0.3, 0.4) is 0 Å². The third kappa shape index (κ3) is 2.10. The number of halogens is 1. The number of furan rings is 1. The van der Waals surface area contributed by atoms with E-state index in [4.69, 9.17) is 4.42 Å². The van der Waals surface area contributed by atoms with Crippen molar-refractivity contribution in [3.05, 3.63) is 37.7 Å². The highest BCUT2D eigenvalue weighted by Crippen LogP contribution is 2.40. The van der Waals surface area contributed by atoms with Gasteiger partial charge in [-0.15, -0.1) is 11.3 Å². The molecule has 5 heteroatoms. The van der Waals surface area contributed by atoms with Crippen LogP contribution in [-0.4, -0.2) is 6.21 Å². The summed E-state index contributed by atoms with van der Waals surface area (Å²) in [5, 5.41) is 10.0. The smallest absolute Gasteiger partial charge is 0.164 e. The van der Waals surface area contributed by atoms with Crippen molar-refractivity contribution in [3.8, 4) is 6.07 Å². The molecule has 3 rings (SSSR count). The molecule has 0 bridgehead atoms. The summed E-state index contributed by atoms with van der Waals surface area (Å²) in [5.74, 6) is 0.719. The minimum absolute atomic E-state index is 0.719. The molecule has 1 aliphatic rings. The van der Waals surface area contributed by atoms with E-state index in [-0.39, 0.29) is 0 Å². The standard InChI is InChI=1S/C13H9IN2OS/c14-12-5-4-8(17-12)7-16-13-10(6-15)9-2-1-3-11(9)18-13/h4-5,7H,1-3H2. The lowest BCUT2D eigenvalue weighted by Gasteiger charge is -1.91. The molecule has 0 N–H and O–H groups in total. The van der Waals surface area contributed by atoms with Crippen molar-refractivity contribution in [2.45, 2.75) is 19.3 Å². The molecule has 0 aliphatic heterocycles. The number of rotatable bonds is 2. The van der Waals surface area contributed by atoms with Crippen LogP contribution in [0, 0.1) is 15.1 Å². The molecule has 2 aromatic rings. The molecule has 1 aliphatic carbocycles. The SMILES string of the molecule is N#Cc1c(N=Cc2ccc(I)o2)sc2c1CCC2. The summed E-state index contributed by atoms with van der Waals surface area (Å²) < 4.78 is 6.25. The Balaban J connectivity index is 1.94. The largest absolute Gasteiger partial charge is 0.449 e. The van der Waals surface area contributed by atoms with Gasteiger partial charge in [-0.05, 0) is 59.5 Å². The van der Waals surface area contributed by atoms with E-state index in [0.29, 0.717) is 0 Å². The van der Waals surface area contributed by atoms with Crippen molar-refractivity contribution < 1.29 is 4.42 Å². The highest BCUT2D eigenvalue weighted by molar-refractivity contribution is 14.1. The number of aliphatic imine (C=N–C) groups is 1. The Hall–Kier alpha value is -1.13. The third-order valence-electron chi connectivity index (χ3n) is 2.92. The zero-order valence-corrected chi connectivity index (χ0v) is 12.4. The van der Waals surface area contributed by atoms with E-state index < -0.39 is 0 Å². The first kappa shape index (κ1) is 11.9. The van der Waals surface area contributed by atoms with Gasteiger partial charge in [0.15, 0.2) is 3.77 Å². The maximum Gasteiger partial charge on any atom is 0.164 e. The minimum atomic E-state index is 0.719. The monoisotopic (exact) mass is 368 g/mol. The summed E-state index contributed by atoms with van der Waals surface area (Å²) >= 11 is 3.75. The Kier molecular flexibility index (Phi) is 3.22. The topological polar surface area (TPSA) is 49.3 Å². The maximum atomic E-state index is 9.23. The molecule has 2 heterocycles. The van der Waals surface area contributed by atoms with Crippen LogP contribution in [0.2, 0.25) is 0 Å². The van der Waals surface area contributed by atoms with E-state index in [1.54, 1.807) is 17.6 Å². The lowest BCUT2D eigenvalue weighted by atomic mass is 10.1. The third-order valence-corrected chi connectivity index (χ3v) is 4.70. The van der Waals surface area contributed by atoms with E-state index in [1.165, 1.54) is 10.4 Å². The van der Waals surface area contributed by atoms with E-state index in [2.05, 4.69) is 33.7 Å². The van der Waals surface area contributed by atoms with Gasteiger partial charge >= 0.3 is 0 Å². The van der Waals surface area contributed by atoms with E-state index >= 15 is 0 Å². The van der Waals surface area contributed by atoms with Crippen LogP contribution < -0.4 is 0 Å². The molecule has 18 heavy (non-hydrogen) atoms. The fourth-order valence-corrected chi connectivity index (χ4v) is 3.73. The first-order valence-electron chi connectivity index (χ1n) is 5.62. The predicted octanol–water partition coefficient (Wildman–Crippen LogP) is 4.06. The molecule has 0 unspecified atom stereocenters. The molecule has 0 spiro atoms. The zero-order chi connectivity index (χ0) is 12.5. The van der Waals surface area contributed by atoms with Gasteiger partial charge in [0.25, 0.3) is 0 Å². The van der Waals surface area contributed by atoms with E-state index in [9.17, 15) is 5.26 Å². The van der Waals surface area contributed by atoms with Gasteiger partial charge in [-0.2, -0.15) is 5.26 Å².